The SMILES string of the molecule is O=C(NCCN1CCS(=O)(=O)CC1)C1CCCN(C(=O)c2cccs2)C1. The summed E-state index contributed by atoms with van der Waals surface area (Å²) in [6, 6.07) is 3.67. The number of nitrogens with zero attached hydrogens (tertiary/aromatic N) is 2. The molecule has 3 heterocycles. The van der Waals surface area contributed by atoms with E-state index in [-0.39, 0.29) is 29.2 Å². The Labute approximate surface area is 158 Å². The van der Waals surface area contributed by atoms with E-state index in [9.17, 15) is 18.0 Å². The van der Waals surface area contributed by atoms with Gasteiger partial charge in [-0.2, -0.15) is 0 Å². The van der Waals surface area contributed by atoms with E-state index in [0.29, 0.717) is 44.1 Å². The minimum atomic E-state index is -2.87. The van der Waals surface area contributed by atoms with E-state index in [2.05, 4.69) is 10.2 Å². The average Bonchev–Trinajstić information content (AvgIpc) is 3.17. The van der Waals surface area contributed by atoms with Crippen LogP contribution < -0.4 is 5.32 Å². The molecule has 0 saturated carbocycles. The second-order valence-corrected chi connectivity index (χ2v) is 10.1. The second-order valence-electron chi connectivity index (χ2n) is 6.85. The third-order valence-electron chi connectivity index (χ3n) is 4.98. The first-order chi connectivity index (χ1) is 12.4. The minimum Gasteiger partial charge on any atom is -0.355 e. The standard InChI is InChI=1S/C17H25N3O4S2/c21-16(18-5-7-19-8-11-26(23,24)12-9-19)14-3-1-6-20(13-14)17(22)15-4-2-10-25-15/h2,4,10,14H,1,3,5-9,11-13H2,(H,18,21). The Morgan fingerprint density at radius 3 is 2.69 bits per heavy atom. The summed E-state index contributed by atoms with van der Waals surface area (Å²) < 4.78 is 22.9. The van der Waals surface area contributed by atoms with Gasteiger partial charge in [0.25, 0.3) is 5.91 Å². The van der Waals surface area contributed by atoms with Gasteiger partial charge in [0.1, 0.15) is 0 Å². The van der Waals surface area contributed by atoms with Crippen LogP contribution in [0.4, 0.5) is 0 Å². The Morgan fingerprint density at radius 1 is 1.23 bits per heavy atom. The van der Waals surface area contributed by atoms with E-state index < -0.39 is 9.84 Å². The fourth-order valence-corrected chi connectivity index (χ4v) is 5.35. The van der Waals surface area contributed by atoms with E-state index in [1.165, 1.54) is 11.3 Å². The fourth-order valence-electron chi connectivity index (χ4n) is 3.39. The molecule has 2 saturated heterocycles. The molecule has 26 heavy (non-hydrogen) atoms. The topological polar surface area (TPSA) is 86.8 Å². The van der Waals surface area contributed by atoms with Crippen molar-refractivity contribution in [1.82, 2.24) is 15.1 Å². The number of hydrogen-bond acceptors (Lipinski definition) is 6. The molecule has 9 heteroatoms. The summed E-state index contributed by atoms with van der Waals surface area (Å²) in [7, 11) is -2.87. The van der Waals surface area contributed by atoms with Crippen LogP contribution in [0.25, 0.3) is 0 Å². The highest BCUT2D eigenvalue weighted by Crippen LogP contribution is 2.20. The summed E-state index contributed by atoms with van der Waals surface area (Å²) in [6.45, 7) is 3.39. The van der Waals surface area contributed by atoms with Crippen molar-refractivity contribution in [1.29, 1.82) is 0 Å². The molecule has 2 aliphatic heterocycles. The number of hydrogen-bond donors (Lipinski definition) is 1. The first-order valence-electron chi connectivity index (χ1n) is 8.98. The molecule has 0 aromatic carbocycles. The molecule has 7 nitrogen and oxygen atoms in total. The molecular weight excluding hydrogens is 374 g/mol. The second kappa shape index (κ2) is 8.49. The van der Waals surface area contributed by atoms with Crippen LogP contribution in [-0.2, 0) is 14.6 Å². The maximum atomic E-state index is 12.5. The molecule has 1 N–H and O–H groups in total. The Morgan fingerprint density at radius 2 is 2.00 bits per heavy atom. The van der Waals surface area contributed by atoms with Gasteiger partial charge in [0.2, 0.25) is 5.91 Å². The van der Waals surface area contributed by atoms with E-state index in [1.807, 2.05) is 17.5 Å². The van der Waals surface area contributed by atoms with Crippen molar-refractivity contribution >= 4 is 33.0 Å². The molecular formula is C17H25N3O4S2. The lowest BCUT2D eigenvalue weighted by molar-refractivity contribution is -0.126. The zero-order valence-corrected chi connectivity index (χ0v) is 16.4. The number of rotatable bonds is 5. The van der Waals surface area contributed by atoms with Crippen molar-refractivity contribution in [2.45, 2.75) is 12.8 Å². The Kier molecular flexibility index (Phi) is 6.31. The van der Waals surface area contributed by atoms with Crippen LogP contribution in [0, 0.1) is 5.92 Å². The summed E-state index contributed by atoms with van der Waals surface area (Å²) in [5, 5.41) is 4.83. The smallest absolute Gasteiger partial charge is 0.263 e. The summed E-state index contributed by atoms with van der Waals surface area (Å²) in [6.07, 6.45) is 1.63. The van der Waals surface area contributed by atoms with Crippen LogP contribution in [0.5, 0.6) is 0 Å². The van der Waals surface area contributed by atoms with Gasteiger partial charge in [-0.15, -0.1) is 11.3 Å². The molecule has 0 aliphatic carbocycles. The van der Waals surface area contributed by atoms with Gasteiger partial charge in [-0.3, -0.25) is 14.5 Å². The van der Waals surface area contributed by atoms with Crippen LogP contribution in [0.1, 0.15) is 22.5 Å². The maximum absolute atomic E-state index is 12.5. The van der Waals surface area contributed by atoms with Crippen molar-refractivity contribution in [2.75, 3.05) is 50.8 Å². The highest BCUT2D eigenvalue weighted by molar-refractivity contribution is 7.91. The lowest BCUT2D eigenvalue weighted by Gasteiger charge is -2.32. The number of piperidine rings is 1. The number of nitrogens with one attached hydrogen (secondary N) is 1. The van der Waals surface area contributed by atoms with Crippen LogP contribution in [0.3, 0.4) is 0 Å². The number of sulfone groups is 1. The summed E-state index contributed by atoms with van der Waals surface area (Å²) >= 11 is 1.42. The van der Waals surface area contributed by atoms with Crippen LogP contribution in [0.2, 0.25) is 0 Å². The summed E-state index contributed by atoms with van der Waals surface area (Å²) in [5.74, 6) is 0.215. The highest BCUT2D eigenvalue weighted by Gasteiger charge is 2.29. The van der Waals surface area contributed by atoms with Gasteiger partial charge in [-0.05, 0) is 24.3 Å². The van der Waals surface area contributed by atoms with E-state index in [4.69, 9.17) is 0 Å². The molecule has 1 unspecified atom stereocenters. The molecule has 1 aromatic rings. The van der Waals surface area contributed by atoms with Gasteiger partial charge < -0.3 is 10.2 Å². The molecule has 2 aliphatic rings. The third-order valence-corrected chi connectivity index (χ3v) is 7.44. The monoisotopic (exact) mass is 399 g/mol. The lowest BCUT2D eigenvalue weighted by Crippen LogP contribution is -2.47. The zero-order valence-electron chi connectivity index (χ0n) is 14.7. The van der Waals surface area contributed by atoms with Crippen molar-refractivity contribution in [2.24, 2.45) is 5.92 Å². The minimum absolute atomic E-state index is 0.00651. The van der Waals surface area contributed by atoms with Crippen molar-refractivity contribution in [3.63, 3.8) is 0 Å². The molecule has 3 rings (SSSR count). The van der Waals surface area contributed by atoms with E-state index in [0.717, 1.165) is 12.8 Å². The number of amides is 2. The van der Waals surface area contributed by atoms with Crippen LogP contribution in [-0.4, -0.2) is 80.8 Å². The largest absolute Gasteiger partial charge is 0.355 e. The number of carbonyl (C=O) groups is 2. The lowest BCUT2D eigenvalue weighted by atomic mass is 9.97. The number of likely N-dealkylation sites (tertiary alicyclic amines) is 1. The first kappa shape index (κ1) is 19.3. The Bertz CT molecular complexity index is 719. The van der Waals surface area contributed by atoms with Gasteiger partial charge in [0.05, 0.1) is 22.3 Å². The fraction of sp³-hybridized carbons (Fsp3) is 0.647. The predicted octanol–water partition coefficient (Wildman–Crippen LogP) is 0.447. The molecule has 0 spiro atoms. The maximum Gasteiger partial charge on any atom is 0.263 e. The number of carbonyl (C=O) groups excluding carboxylic acids is 2. The average molecular weight is 400 g/mol. The molecule has 2 fully saturated rings. The van der Waals surface area contributed by atoms with Gasteiger partial charge in [0.15, 0.2) is 9.84 Å². The molecule has 2 amide bonds. The van der Waals surface area contributed by atoms with Gasteiger partial charge in [-0.1, -0.05) is 6.07 Å². The third kappa shape index (κ3) is 5.05. The summed E-state index contributed by atoms with van der Waals surface area (Å²) in [4.78, 5) is 29.4. The van der Waals surface area contributed by atoms with Crippen molar-refractivity contribution < 1.29 is 18.0 Å². The van der Waals surface area contributed by atoms with Gasteiger partial charge >= 0.3 is 0 Å². The molecule has 0 bridgehead atoms. The molecule has 1 atom stereocenters. The molecule has 0 radical (unpaired) electrons. The summed E-state index contributed by atoms with van der Waals surface area (Å²) in [5.41, 5.74) is 0. The zero-order chi connectivity index (χ0) is 18.6. The van der Waals surface area contributed by atoms with Gasteiger partial charge in [-0.25, -0.2) is 8.42 Å². The predicted molar refractivity (Wildman–Crippen MR) is 101 cm³/mol. The van der Waals surface area contributed by atoms with Crippen LogP contribution in [0.15, 0.2) is 17.5 Å². The Hall–Kier alpha value is -1.45. The Balaban J connectivity index is 1.42. The molecule has 1 aromatic heterocycles. The quantitative estimate of drug-likeness (QED) is 0.777. The van der Waals surface area contributed by atoms with Crippen molar-refractivity contribution in [3.05, 3.63) is 22.4 Å². The van der Waals surface area contributed by atoms with E-state index >= 15 is 0 Å². The van der Waals surface area contributed by atoms with Crippen LogP contribution >= 0.6 is 11.3 Å². The van der Waals surface area contributed by atoms with Crippen molar-refractivity contribution in [3.8, 4) is 0 Å². The highest BCUT2D eigenvalue weighted by atomic mass is 32.2. The molecule has 144 valence electrons. The first-order valence-corrected chi connectivity index (χ1v) is 11.7. The number of thiophene rings is 1. The normalized spacial score (nSPS) is 23.5. The van der Waals surface area contributed by atoms with E-state index in [1.54, 1.807) is 4.90 Å². The van der Waals surface area contributed by atoms with Gasteiger partial charge in [0, 0.05) is 39.3 Å².